The first-order chi connectivity index (χ1) is 10.2. The highest BCUT2D eigenvalue weighted by atomic mass is 19.1. The Labute approximate surface area is 122 Å². The topological polar surface area (TPSA) is 50.9 Å². The summed E-state index contributed by atoms with van der Waals surface area (Å²) in [5.74, 6) is 5.52. The van der Waals surface area contributed by atoms with E-state index in [-0.39, 0.29) is 11.9 Å². The lowest BCUT2D eigenvalue weighted by molar-refractivity contribution is 0.626. The van der Waals surface area contributed by atoms with Gasteiger partial charge in [-0.15, -0.1) is 0 Å². The molecule has 0 spiro atoms. The van der Waals surface area contributed by atoms with Crippen molar-refractivity contribution in [2.24, 2.45) is 5.84 Å². The number of fused-ring (bicyclic) bond motifs is 1. The molecule has 2 aromatic carbocycles. The highest BCUT2D eigenvalue weighted by molar-refractivity contribution is 5.87. The third-order valence-electron chi connectivity index (χ3n) is 3.61. The Kier molecular flexibility index (Phi) is 3.64. The summed E-state index contributed by atoms with van der Waals surface area (Å²) in [6.07, 6.45) is 3.56. The van der Waals surface area contributed by atoms with Crippen LogP contribution >= 0.6 is 0 Å². The highest BCUT2D eigenvalue weighted by Gasteiger charge is 2.17. The normalized spacial score (nSPS) is 12.5. The molecule has 0 aliphatic carbocycles. The molecule has 4 heteroatoms. The molecule has 0 aliphatic heterocycles. The fraction of sp³-hybridized carbons (Fsp3) is 0.118. The predicted molar refractivity (Wildman–Crippen MR) is 82.0 cm³/mol. The van der Waals surface area contributed by atoms with Gasteiger partial charge in [0.15, 0.2) is 0 Å². The van der Waals surface area contributed by atoms with Crippen LogP contribution in [-0.2, 0) is 0 Å². The Morgan fingerprint density at radius 1 is 1.10 bits per heavy atom. The number of aromatic nitrogens is 1. The summed E-state index contributed by atoms with van der Waals surface area (Å²) in [4.78, 5) is 4.21. The zero-order valence-corrected chi connectivity index (χ0v) is 11.7. The Morgan fingerprint density at radius 2 is 1.86 bits per heavy atom. The lowest BCUT2D eigenvalue weighted by Gasteiger charge is -2.19. The molecule has 0 radical (unpaired) electrons. The van der Waals surface area contributed by atoms with E-state index in [1.165, 1.54) is 6.07 Å². The molecule has 1 aromatic heterocycles. The number of rotatable bonds is 3. The first-order valence-corrected chi connectivity index (χ1v) is 6.75. The zero-order valence-electron chi connectivity index (χ0n) is 11.7. The van der Waals surface area contributed by atoms with Gasteiger partial charge in [0.05, 0.1) is 6.04 Å². The predicted octanol–water partition coefficient (Wildman–Crippen LogP) is 3.24. The van der Waals surface area contributed by atoms with E-state index in [9.17, 15) is 4.39 Å². The van der Waals surface area contributed by atoms with Gasteiger partial charge in [0.2, 0.25) is 0 Å². The van der Waals surface area contributed by atoms with E-state index in [4.69, 9.17) is 5.84 Å². The number of pyridine rings is 1. The van der Waals surface area contributed by atoms with Crippen LogP contribution in [0, 0.1) is 12.7 Å². The monoisotopic (exact) mass is 281 g/mol. The van der Waals surface area contributed by atoms with Crippen LogP contribution < -0.4 is 11.3 Å². The average molecular weight is 281 g/mol. The summed E-state index contributed by atoms with van der Waals surface area (Å²) < 4.78 is 13.9. The van der Waals surface area contributed by atoms with Crippen LogP contribution in [0.25, 0.3) is 10.8 Å². The fourth-order valence-corrected chi connectivity index (χ4v) is 2.64. The largest absolute Gasteiger partial charge is 0.271 e. The Morgan fingerprint density at radius 3 is 2.57 bits per heavy atom. The summed E-state index contributed by atoms with van der Waals surface area (Å²) in [7, 11) is 0. The van der Waals surface area contributed by atoms with E-state index in [0.29, 0.717) is 5.39 Å². The Balaban J connectivity index is 2.20. The van der Waals surface area contributed by atoms with Crippen molar-refractivity contribution < 1.29 is 4.39 Å². The molecule has 1 unspecified atom stereocenters. The van der Waals surface area contributed by atoms with Gasteiger partial charge < -0.3 is 0 Å². The van der Waals surface area contributed by atoms with Crippen LogP contribution in [0.5, 0.6) is 0 Å². The minimum atomic E-state index is -0.233. The molecule has 0 fully saturated rings. The summed E-state index contributed by atoms with van der Waals surface area (Å²) in [5, 5.41) is 1.44. The van der Waals surface area contributed by atoms with E-state index < -0.39 is 0 Å². The standard InChI is InChI=1S/C17H16FN3/c1-11-8-12(10-20-9-11)17(21-19)15-6-7-16(18)14-5-3-2-4-13(14)15/h2-10,17,21H,19H2,1H3. The molecule has 0 amide bonds. The summed E-state index contributed by atoms with van der Waals surface area (Å²) in [6, 6.07) is 12.4. The molecule has 0 saturated carbocycles. The summed E-state index contributed by atoms with van der Waals surface area (Å²) in [5.41, 5.74) is 5.75. The number of nitrogens with zero attached hydrogens (tertiary/aromatic N) is 1. The van der Waals surface area contributed by atoms with Gasteiger partial charge in [0.1, 0.15) is 5.82 Å². The lowest BCUT2D eigenvalue weighted by atomic mass is 9.94. The second kappa shape index (κ2) is 5.60. The maximum absolute atomic E-state index is 13.9. The minimum absolute atomic E-state index is 0.229. The molecule has 1 atom stereocenters. The molecular formula is C17H16FN3. The van der Waals surface area contributed by atoms with Crippen molar-refractivity contribution in [2.45, 2.75) is 13.0 Å². The Hall–Kier alpha value is -2.30. The second-order valence-corrected chi connectivity index (χ2v) is 5.08. The van der Waals surface area contributed by atoms with Crippen LogP contribution in [0.2, 0.25) is 0 Å². The molecule has 21 heavy (non-hydrogen) atoms. The van der Waals surface area contributed by atoms with Crippen LogP contribution in [0.3, 0.4) is 0 Å². The van der Waals surface area contributed by atoms with E-state index in [2.05, 4.69) is 10.4 Å². The van der Waals surface area contributed by atoms with Crippen molar-refractivity contribution in [3.63, 3.8) is 0 Å². The van der Waals surface area contributed by atoms with Crippen molar-refractivity contribution in [1.29, 1.82) is 0 Å². The van der Waals surface area contributed by atoms with Crippen molar-refractivity contribution in [3.8, 4) is 0 Å². The first-order valence-electron chi connectivity index (χ1n) is 6.75. The SMILES string of the molecule is Cc1cncc(C(NN)c2ccc(F)c3ccccc23)c1. The van der Waals surface area contributed by atoms with Gasteiger partial charge in [-0.05, 0) is 35.1 Å². The molecule has 0 aliphatic rings. The molecule has 1 heterocycles. The third kappa shape index (κ3) is 2.51. The van der Waals surface area contributed by atoms with Crippen molar-refractivity contribution in [1.82, 2.24) is 10.4 Å². The van der Waals surface area contributed by atoms with E-state index in [1.807, 2.05) is 31.2 Å². The second-order valence-electron chi connectivity index (χ2n) is 5.08. The number of hydrogen-bond acceptors (Lipinski definition) is 3. The van der Waals surface area contributed by atoms with Gasteiger partial charge >= 0.3 is 0 Å². The maximum atomic E-state index is 13.9. The van der Waals surface area contributed by atoms with Crippen LogP contribution in [-0.4, -0.2) is 4.98 Å². The zero-order chi connectivity index (χ0) is 14.8. The van der Waals surface area contributed by atoms with E-state index in [0.717, 1.165) is 22.1 Å². The van der Waals surface area contributed by atoms with Crippen LogP contribution in [0.15, 0.2) is 54.9 Å². The number of hydrogen-bond donors (Lipinski definition) is 2. The number of nitrogens with two attached hydrogens (primary N) is 1. The number of nitrogens with one attached hydrogen (secondary N) is 1. The van der Waals surface area contributed by atoms with Gasteiger partial charge in [-0.3, -0.25) is 10.8 Å². The molecule has 0 bridgehead atoms. The molecule has 3 rings (SSSR count). The van der Waals surface area contributed by atoms with E-state index >= 15 is 0 Å². The quantitative estimate of drug-likeness (QED) is 0.572. The lowest BCUT2D eigenvalue weighted by Crippen LogP contribution is -2.29. The van der Waals surface area contributed by atoms with Gasteiger partial charge in [-0.25, -0.2) is 9.82 Å². The fourth-order valence-electron chi connectivity index (χ4n) is 2.64. The number of aryl methyl sites for hydroxylation is 1. The first kappa shape index (κ1) is 13.7. The number of benzene rings is 2. The molecule has 3 aromatic rings. The van der Waals surface area contributed by atoms with Crippen molar-refractivity contribution >= 4 is 10.8 Å². The van der Waals surface area contributed by atoms with Gasteiger partial charge in [-0.2, -0.15) is 0 Å². The molecular weight excluding hydrogens is 265 g/mol. The van der Waals surface area contributed by atoms with Crippen LogP contribution in [0.1, 0.15) is 22.7 Å². The van der Waals surface area contributed by atoms with Gasteiger partial charge in [0.25, 0.3) is 0 Å². The maximum Gasteiger partial charge on any atom is 0.131 e. The number of halogens is 1. The van der Waals surface area contributed by atoms with Gasteiger partial charge in [0, 0.05) is 17.8 Å². The van der Waals surface area contributed by atoms with E-state index in [1.54, 1.807) is 24.5 Å². The number of hydrazine groups is 1. The smallest absolute Gasteiger partial charge is 0.131 e. The molecule has 3 N–H and O–H groups in total. The molecule has 3 nitrogen and oxygen atoms in total. The van der Waals surface area contributed by atoms with Crippen LogP contribution in [0.4, 0.5) is 4.39 Å². The van der Waals surface area contributed by atoms with Gasteiger partial charge in [-0.1, -0.05) is 36.4 Å². The minimum Gasteiger partial charge on any atom is -0.271 e. The highest BCUT2D eigenvalue weighted by Crippen LogP contribution is 2.30. The van der Waals surface area contributed by atoms with Crippen molar-refractivity contribution in [3.05, 3.63) is 77.4 Å². The Bertz CT molecular complexity index is 786. The molecule has 0 saturated heterocycles. The average Bonchev–Trinajstić information content (AvgIpc) is 2.51. The molecule has 106 valence electrons. The summed E-state index contributed by atoms with van der Waals surface area (Å²) >= 11 is 0. The summed E-state index contributed by atoms with van der Waals surface area (Å²) in [6.45, 7) is 1.98. The van der Waals surface area contributed by atoms with Crippen molar-refractivity contribution in [2.75, 3.05) is 0 Å². The third-order valence-corrected chi connectivity index (χ3v) is 3.61.